The molecule has 4 aliphatic rings. The number of allylic oxidation sites excluding steroid dienone is 1. The number of nitrogens with zero attached hydrogens (tertiary/aromatic N) is 3. The van der Waals surface area contributed by atoms with E-state index >= 15 is 8.78 Å². The van der Waals surface area contributed by atoms with E-state index in [4.69, 9.17) is 4.74 Å². The third-order valence-electron chi connectivity index (χ3n) is 9.95. The van der Waals surface area contributed by atoms with Crippen LogP contribution in [-0.4, -0.2) is 88.0 Å². The highest BCUT2D eigenvalue weighted by Crippen LogP contribution is 2.57. The van der Waals surface area contributed by atoms with Crippen molar-refractivity contribution >= 4 is 17.4 Å². The molecule has 0 bridgehead atoms. The van der Waals surface area contributed by atoms with Crippen molar-refractivity contribution in [3.63, 3.8) is 0 Å². The molecule has 1 saturated carbocycles. The van der Waals surface area contributed by atoms with Gasteiger partial charge in [-0.3, -0.25) is 14.7 Å². The van der Waals surface area contributed by atoms with Crippen LogP contribution in [0.2, 0.25) is 0 Å². The summed E-state index contributed by atoms with van der Waals surface area (Å²) in [5.41, 5.74) is -0.606. The van der Waals surface area contributed by atoms with Gasteiger partial charge in [0.15, 0.2) is 5.67 Å². The first-order chi connectivity index (χ1) is 21.2. The molecule has 44 heavy (non-hydrogen) atoms. The normalized spacial score (nSPS) is 28.1. The zero-order chi connectivity index (χ0) is 31.1. The first-order valence-corrected chi connectivity index (χ1v) is 16.2. The summed E-state index contributed by atoms with van der Waals surface area (Å²) in [5, 5.41) is 9.73. The molecule has 1 aromatic heterocycles. The number of benzene rings is 1. The Bertz CT molecular complexity index is 1420. The molecule has 1 aromatic carbocycles. The van der Waals surface area contributed by atoms with E-state index < -0.39 is 23.4 Å². The van der Waals surface area contributed by atoms with Crippen molar-refractivity contribution in [1.82, 2.24) is 14.8 Å². The first-order valence-electron chi connectivity index (χ1n) is 16.2. The number of amides is 1. The monoisotopic (exact) mass is 607 g/mol. The third kappa shape index (κ3) is 5.81. The number of piperidine rings is 1. The maximum absolute atomic E-state index is 17.1. The SMILES string of the molecule is CCCc1nc2c(cc1C(=O)O)C(=O)N(C1CCN(CC3(F)CC(F)(C4CC4)C(c4ccccc4)=CC3OCC)CC1)CC2. The molecular formula is C35H43F2N3O4. The van der Waals surface area contributed by atoms with E-state index in [1.165, 1.54) is 6.07 Å². The zero-order valence-corrected chi connectivity index (χ0v) is 25.7. The Morgan fingerprint density at radius 3 is 2.45 bits per heavy atom. The lowest BCUT2D eigenvalue weighted by Crippen LogP contribution is -2.58. The number of carbonyl (C=O) groups is 2. The second-order valence-corrected chi connectivity index (χ2v) is 13.0. The number of hydrogen-bond donors (Lipinski definition) is 1. The number of aryl methyl sites for hydroxylation is 1. The summed E-state index contributed by atoms with van der Waals surface area (Å²) in [4.78, 5) is 34.0. The molecule has 3 atom stereocenters. The number of aromatic carboxylic acids is 1. The van der Waals surface area contributed by atoms with Crippen LogP contribution in [0, 0.1) is 5.92 Å². The lowest BCUT2D eigenvalue weighted by atomic mass is 9.70. The fourth-order valence-corrected chi connectivity index (χ4v) is 7.62. The van der Waals surface area contributed by atoms with E-state index in [9.17, 15) is 14.7 Å². The van der Waals surface area contributed by atoms with Gasteiger partial charge in [-0.1, -0.05) is 43.7 Å². The van der Waals surface area contributed by atoms with E-state index in [2.05, 4.69) is 9.88 Å². The largest absolute Gasteiger partial charge is 0.478 e. The van der Waals surface area contributed by atoms with Crippen molar-refractivity contribution in [3.8, 4) is 0 Å². The number of aromatic nitrogens is 1. The molecule has 0 spiro atoms. The second kappa shape index (κ2) is 12.3. The van der Waals surface area contributed by atoms with Gasteiger partial charge < -0.3 is 14.7 Å². The van der Waals surface area contributed by atoms with E-state index in [1.807, 2.05) is 49.1 Å². The van der Waals surface area contributed by atoms with E-state index in [1.54, 1.807) is 6.08 Å². The predicted octanol–water partition coefficient (Wildman–Crippen LogP) is 5.91. The van der Waals surface area contributed by atoms with Gasteiger partial charge in [-0.2, -0.15) is 0 Å². The van der Waals surface area contributed by atoms with Crippen LogP contribution in [0.25, 0.3) is 5.57 Å². The highest BCUT2D eigenvalue weighted by atomic mass is 19.2. The predicted molar refractivity (Wildman–Crippen MR) is 164 cm³/mol. The lowest BCUT2D eigenvalue weighted by Gasteiger charge is -2.47. The Hall–Kier alpha value is -3.17. The summed E-state index contributed by atoms with van der Waals surface area (Å²) >= 11 is 0. The van der Waals surface area contributed by atoms with Crippen molar-refractivity contribution in [1.29, 1.82) is 0 Å². The summed E-state index contributed by atoms with van der Waals surface area (Å²) in [5.74, 6) is -1.43. The van der Waals surface area contributed by atoms with Gasteiger partial charge in [0.25, 0.3) is 5.91 Å². The molecule has 236 valence electrons. The van der Waals surface area contributed by atoms with Gasteiger partial charge in [-0.25, -0.2) is 13.6 Å². The molecule has 0 radical (unpaired) electrons. The van der Waals surface area contributed by atoms with Gasteiger partial charge in [0.05, 0.1) is 22.5 Å². The molecular weight excluding hydrogens is 564 g/mol. The summed E-state index contributed by atoms with van der Waals surface area (Å²) in [6.07, 6.45) is 5.39. The van der Waals surface area contributed by atoms with Crippen LogP contribution >= 0.6 is 0 Å². The summed E-state index contributed by atoms with van der Waals surface area (Å²) in [7, 11) is 0. The summed E-state index contributed by atoms with van der Waals surface area (Å²) in [6.45, 7) is 5.91. The number of rotatable bonds is 10. The van der Waals surface area contributed by atoms with E-state index in [0.717, 1.165) is 24.8 Å². The second-order valence-electron chi connectivity index (χ2n) is 13.0. The molecule has 3 heterocycles. The van der Waals surface area contributed by atoms with Gasteiger partial charge in [0.2, 0.25) is 0 Å². The topological polar surface area (TPSA) is 83.0 Å². The van der Waals surface area contributed by atoms with E-state index in [0.29, 0.717) is 74.4 Å². The van der Waals surface area contributed by atoms with Crippen LogP contribution in [-0.2, 0) is 17.6 Å². The number of pyridine rings is 1. The molecule has 9 heteroatoms. The Balaban J connectivity index is 1.16. The van der Waals surface area contributed by atoms with Gasteiger partial charge in [-0.15, -0.1) is 0 Å². The van der Waals surface area contributed by atoms with Crippen molar-refractivity contribution in [2.75, 3.05) is 32.8 Å². The average molecular weight is 608 g/mol. The number of ether oxygens (including phenoxy) is 1. The third-order valence-corrected chi connectivity index (χ3v) is 9.95. The lowest BCUT2D eigenvalue weighted by molar-refractivity contribution is -0.0824. The van der Waals surface area contributed by atoms with Gasteiger partial charge >= 0.3 is 5.97 Å². The number of carboxylic acids is 1. The van der Waals surface area contributed by atoms with Crippen molar-refractivity contribution in [2.45, 2.75) is 88.7 Å². The molecule has 2 aromatic rings. The minimum atomic E-state index is -1.88. The fourth-order valence-electron chi connectivity index (χ4n) is 7.62. The smallest absolute Gasteiger partial charge is 0.337 e. The number of carboxylic acid groups (broad SMARTS) is 1. The average Bonchev–Trinajstić information content (AvgIpc) is 3.86. The molecule has 1 N–H and O–H groups in total. The molecule has 1 saturated heterocycles. The minimum Gasteiger partial charge on any atom is -0.478 e. The van der Waals surface area contributed by atoms with Crippen LogP contribution in [0.5, 0.6) is 0 Å². The fraction of sp³-hybridized carbons (Fsp3) is 0.571. The minimum absolute atomic E-state index is 0.0311. The molecule has 2 fully saturated rings. The molecule has 7 nitrogen and oxygen atoms in total. The Labute approximate surface area is 258 Å². The van der Waals surface area contributed by atoms with Gasteiger partial charge in [-0.05, 0) is 68.2 Å². The van der Waals surface area contributed by atoms with Crippen molar-refractivity contribution in [2.24, 2.45) is 5.92 Å². The van der Waals surface area contributed by atoms with Crippen molar-refractivity contribution in [3.05, 3.63) is 70.6 Å². The number of halogens is 2. The molecule has 2 aliphatic heterocycles. The number of fused-ring (bicyclic) bond motifs is 1. The van der Waals surface area contributed by atoms with Crippen LogP contribution in [0.4, 0.5) is 8.78 Å². The Morgan fingerprint density at radius 2 is 1.82 bits per heavy atom. The van der Waals surface area contributed by atoms with Crippen LogP contribution in [0.3, 0.4) is 0 Å². The van der Waals surface area contributed by atoms with Gasteiger partial charge in [0, 0.05) is 51.7 Å². The van der Waals surface area contributed by atoms with E-state index in [-0.39, 0.29) is 36.4 Å². The number of carbonyl (C=O) groups excluding carboxylic acids is 1. The number of hydrogen-bond acceptors (Lipinski definition) is 5. The first kappa shape index (κ1) is 30.8. The van der Waals surface area contributed by atoms with Gasteiger partial charge in [0.1, 0.15) is 11.8 Å². The summed E-state index contributed by atoms with van der Waals surface area (Å²) < 4.78 is 40.0. The maximum atomic E-state index is 17.1. The Kier molecular flexibility index (Phi) is 8.63. The standard InChI is InChI=1S/C35H43F2N3O4/c1-3-8-29-27(33(42)43)19-26-30(38-29)15-18-40(32(26)41)25-13-16-39(17-14-25)22-34(36)21-35(37,24-11-12-24)28(20-31(34)44-4-2)23-9-6-5-7-10-23/h5-7,9-10,19-20,24-25,31H,3-4,8,11-18,21-22H2,1-2H3,(H,42,43). The van der Waals surface area contributed by atoms with Crippen LogP contribution in [0.1, 0.15) is 90.0 Å². The molecule has 6 rings (SSSR count). The van der Waals surface area contributed by atoms with Crippen LogP contribution in [0.15, 0.2) is 42.5 Å². The molecule has 2 aliphatic carbocycles. The highest BCUT2D eigenvalue weighted by Gasteiger charge is 2.59. The van der Waals surface area contributed by atoms with Crippen molar-refractivity contribution < 1.29 is 28.2 Å². The zero-order valence-electron chi connectivity index (χ0n) is 25.7. The molecule has 3 unspecified atom stereocenters. The molecule has 1 amide bonds. The Morgan fingerprint density at radius 1 is 1.09 bits per heavy atom. The quantitative estimate of drug-likeness (QED) is 0.362. The summed E-state index contributed by atoms with van der Waals surface area (Å²) in [6, 6.07) is 10.9. The number of likely N-dealkylation sites (tertiary alicyclic amines) is 1. The number of alkyl halides is 2. The van der Waals surface area contributed by atoms with Crippen LogP contribution < -0.4 is 0 Å². The maximum Gasteiger partial charge on any atom is 0.337 e. The highest BCUT2D eigenvalue weighted by molar-refractivity contribution is 5.99.